The van der Waals surface area contributed by atoms with Gasteiger partial charge in [-0.3, -0.25) is 4.79 Å². The van der Waals surface area contributed by atoms with Crippen LogP contribution in [-0.2, 0) is 4.79 Å². The monoisotopic (exact) mass is 218 g/mol. The molecule has 4 aliphatic rings. The Morgan fingerprint density at radius 2 is 2.19 bits per heavy atom. The Balaban J connectivity index is 1.74. The number of carbonyl (C=O) groups is 1. The Morgan fingerprint density at radius 3 is 3.00 bits per heavy atom. The summed E-state index contributed by atoms with van der Waals surface area (Å²) in [7, 11) is 0. The average molecular weight is 218 g/mol. The summed E-state index contributed by atoms with van der Waals surface area (Å²) in [6, 6.07) is 0. The molecule has 4 aliphatic carbocycles. The molecule has 0 amide bonds. The van der Waals surface area contributed by atoms with Gasteiger partial charge < -0.3 is 5.11 Å². The van der Waals surface area contributed by atoms with Gasteiger partial charge in [0.15, 0.2) is 0 Å². The normalized spacial score (nSPS) is 55.9. The SMILES string of the molecule is O=C(O)CC12C=CC(C1)C1C3CCC(C3)C12. The van der Waals surface area contributed by atoms with E-state index in [1.165, 1.54) is 19.3 Å². The van der Waals surface area contributed by atoms with Crippen LogP contribution >= 0.6 is 0 Å². The lowest BCUT2D eigenvalue weighted by Crippen LogP contribution is -2.34. The number of aliphatic carboxylic acids is 1. The first-order valence-electron chi connectivity index (χ1n) is 6.61. The van der Waals surface area contributed by atoms with Gasteiger partial charge >= 0.3 is 5.97 Å². The van der Waals surface area contributed by atoms with Gasteiger partial charge in [-0.2, -0.15) is 0 Å². The average Bonchev–Trinajstić information content (AvgIpc) is 2.92. The standard InChI is InChI=1S/C14H18O2/c15-11(16)7-14-4-3-10(6-14)12-8-1-2-9(5-8)13(12)14/h3-4,8-10,12-13H,1-2,5-7H2,(H,15,16). The summed E-state index contributed by atoms with van der Waals surface area (Å²) >= 11 is 0. The van der Waals surface area contributed by atoms with Crippen molar-refractivity contribution < 1.29 is 9.90 Å². The molecule has 2 nitrogen and oxygen atoms in total. The van der Waals surface area contributed by atoms with Crippen LogP contribution < -0.4 is 0 Å². The molecule has 0 saturated heterocycles. The molecule has 6 unspecified atom stereocenters. The third kappa shape index (κ3) is 0.922. The maximum absolute atomic E-state index is 11.1. The first-order chi connectivity index (χ1) is 7.70. The summed E-state index contributed by atoms with van der Waals surface area (Å²) in [6.45, 7) is 0. The van der Waals surface area contributed by atoms with E-state index in [0.29, 0.717) is 6.42 Å². The summed E-state index contributed by atoms with van der Waals surface area (Å²) in [5.41, 5.74) is 0.0566. The molecule has 0 aromatic carbocycles. The molecule has 2 heteroatoms. The molecule has 16 heavy (non-hydrogen) atoms. The highest BCUT2D eigenvalue weighted by atomic mass is 16.4. The molecule has 4 rings (SSSR count). The fourth-order valence-corrected chi connectivity index (χ4v) is 5.74. The second-order valence-electron chi connectivity index (χ2n) is 6.47. The smallest absolute Gasteiger partial charge is 0.304 e. The Bertz CT molecular complexity index is 386. The summed E-state index contributed by atoms with van der Waals surface area (Å²) in [5.74, 6) is 3.47. The molecule has 0 radical (unpaired) electrons. The fourth-order valence-electron chi connectivity index (χ4n) is 5.74. The largest absolute Gasteiger partial charge is 0.481 e. The lowest BCUT2D eigenvalue weighted by molar-refractivity contribution is -0.139. The molecule has 4 bridgehead atoms. The van der Waals surface area contributed by atoms with Gasteiger partial charge in [-0.25, -0.2) is 0 Å². The van der Waals surface area contributed by atoms with Crippen molar-refractivity contribution in [2.75, 3.05) is 0 Å². The highest BCUT2D eigenvalue weighted by molar-refractivity contribution is 5.68. The second kappa shape index (κ2) is 2.72. The van der Waals surface area contributed by atoms with E-state index in [0.717, 1.165) is 36.0 Å². The lowest BCUT2D eigenvalue weighted by atomic mass is 9.66. The second-order valence-corrected chi connectivity index (χ2v) is 6.47. The lowest BCUT2D eigenvalue weighted by Gasteiger charge is -2.38. The molecule has 86 valence electrons. The predicted octanol–water partition coefficient (Wildman–Crippen LogP) is 2.70. The van der Waals surface area contributed by atoms with E-state index >= 15 is 0 Å². The van der Waals surface area contributed by atoms with Gasteiger partial charge in [-0.1, -0.05) is 12.2 Å². The molecular formula is C14H18O2. The van der Waals surface area contributed by atoms with E-state index in [-0.39, 0.29) is 5.41 Å². The topological polar surface area (TPSA) is 37.3 Å². The van der Waals surface area contributed by atoms with Crippen LogP contribution in [0.25, 0.3) is 0 Å². The maximum Gasteiger partial charge on any atom is 0.304 e. The summed E-state index contributed by atoms with van der Waals surface area (Å²) in [6.07, 6.45) is 10.3. The first-order valence-corrected chi connectivity index (χ1v) is 6.61. The van der Waals surface area contributed by atoms with Crippen molar-refractivity contribution in [2.45, 2.75) is 32.1 Å². The Morgan fingerprint density at radius 1 is 1.38 bits per heavy atom. The quantitative estimate of drug-likeness (QED) is 0.571. The van der Waals surface area contributed by atoms with Gasteiger partial charge in [-0.05, 0) is 55.3 Å². The van der Waals surface area contributed by atoms with E-state index < -0.39 is 5.97 Å². The molecule has 0 aliphatic heterocycles. The number of carboxylic acids is 1. The van der Waals surface area contributed by atoms with Crippen molar-refractivity contribution >= 4 is 5.97 Å². The molecule has 3 fully saturated rings. The Hall–Kier alpha value is -0.790. The predicted molar refractivity (Wildman–Crippen MR) is 59.7 cm³/mol. The molecule has 0 spiro atoms. The van der Waals surface area contributed by atoms with Crippen LogP contribution in [0, 0.1) is 35.0 Å². The zero-order chi connectivity index (χ0) is 10.9. The van der Waals surface area contributed by atoms with E-state index in [1.807, 2.05) is 0 Å². The highest BCUT2D eigenvalue weighted by Gasteiger charge is 2.64. The molecule has 0 heterocycles. The molecular weight excluding hydrogens is 200 g/mol. The summed E-state index contributed by atoms with van der Waals surface area (Å²) in [4.78, 5) is 11.1. The minimum atomic E-state index is -0.603. The third-order valence-electron chi connectivity index (χ3n) is 5.91. The van der Waals surface area contributed by atoms with Crippen molar-refractivity contribution in [3.05, 3.63) is 12.2 Å². The Labute approximate surface area is 95.7 Å². The van der Waals surface area contributed by atoms with Gasteiger partial charge in [-0.15, -0.1) is 0 Å². The third-order valence-corrected chi connectivity index (χ3v) is 5.91. The van der Waals surface area contributed by atoms with E-state index in [9.17, 15) is 4.79 Å². The molecule has 0 aromatic rings. The van der Waals surface area contributed by atoms with Gasteiger partial charge in [0.25, 0.3) is 0 Å². The van der Waals surface area contributed by atoms with Crippen LogP contribution in [0.1, 0.15) is 32.1 Å². The van der Waals surface area contributed by atoms with Crippen molar-refractivity contribution in [2.24, 2.45) is 35.0 Å². The van der Waals surface area contributed by atoms with Crippen molar-refractivity contribution in [1.82, 2.24) is 0 Å². The summed E-state index contributed by atoms with van der Waals surface area (Å²) < 4.78 is 0. The van der Waals surface area contributed by atoms with Crippen molar-refractivity contribution in [3.8, 4) is 0 Å². The van der Waals surface area contributed by atoms with Gasteiger partial charge in [0.05, 0.1) is 6.42 Å². The van der Waals surface area contributed by atoms with Crippen LogP contribution in [0.4, 0.5) is 0 Å². The number of fused-ring (bicyclic) bond motifs is 9. The van der Waals surface area contributed by atoms with Crippen LogP contribution in [0.5, 0.6) is 0 Å². The molecule has 0 aromatic heterocycles. The van der Waals surface area contributed by atoms with Crippen LogP contribution in [0.15, 0.2) is 12.2 Å². The number of hydrogen-bond acceptors (Lipinski definition) is 1. The van der Waals surface area contributed by atoms with Crippen LogP contribution in [0.2, 0.25) is 0 Å². The molecule has 3 saturated carbocycles. The number of rotatable bonds is 2. The van der Waals surface area contributed by atoms with E-state index in [1.54, 1.807) is 0 Å². The van der Waals surface area contributed by atoms with Crippen molar-refractivity contribution in [3.63, 3.8) is 0 Å². The van der Waals surface area contributed by atoms with Gasteiger partial charge in [0, 0.05) is 5.41 Å². The minimum Gasteiger partial charge on any atom is -0.481 e. The maximum atomic E-state index is 11.1. The fraction of sp³-hybridized carbons (Fsp3) is 0.786. The van der Waals surface area contributed by atoms with Crippen LogP contribution in [-0.4, -0.2) is 11.1 Å². The van der Waals surface area contributed by atoms with E-state index in [4.69, 9.17) is 5.11 Å². The highest BCUT2D eigenvalue weighted by Crippen LogP contribution is 2.70. The zero-order valence-corrected chi connectivity index (χ0v) is 9.43. The molecule has 1 N–H and O–H groups in total. The Kier molecular flexibility index (Phi) is 1.57. The zero-order valence-electron chi connectivity index (χ0n) is 9.43. The number of carboxylic acid groups (broad SMARTS) is 1. The van der Waals surface area contributed by atoms with Crippen LogP contribution in [0.3, 0.4) is 0 Å². The van der Waals surface area contributed by atoms with E-state index in [2.05, 4.69) is 12.2 Å². The summed E-state index contributed by atoms with van der Waals surface area (Å²) in [5, 5.41) is 9.14. The van der Waals surface area contributed by atoms with Gasteiger partial charge in [0.1, 0.15) is 0 Å². The van der Waals surface area contributed by atoms with Gasteiger partial charge in [0.2, 0.25) is 0 Å². The van der Waals surface area contributed by atoms with Crippen molar-refractivity contribution in [1.29, 1.82) is 0 Å². The molecule has 6 atom stereocenters. The minimum absolute atomic E-state index is 0.0566. The number of hydrogen-bond donors (Lipinski definition) is 1. The first kappa shape index (κ1) is 9.26. The number of allylic oxidation sites excluding steroid dienone is 2.